The summed E-state index contributed by atoms with van der Waals surface area (Å²) in [6.07, 6.45) is 1.80. The summed E-state index contributed by atoms with van der Waals surface area (Å²) in [4.78, 5) is 4.32. The quantitative estimate of drug-likeness (QED) is 0.766. The molecule has 0 N–H and O–H groups in total. The number of hydrogen-bond acceptors (Lipinski definition) is 1. The molecule has 1 heterocycles. The smallest absolute Gasteiger partial charge is 0.0702 e. The molecule has 1 aromatic carbocycles. The molecule has 0 aliphatic rings. The van der Waals surface area contributed by atoms with E-state index in [0.717, 1.165) is 20.2 Å². The van der Waals surface area contributed by atoms with Gasteiger partial charge in [0.15, 0.2) is 0 Å². The topological polar surface area (TPSA) is 12.9 Å². The molecule has 0 amide bonds. The molecule has 0 radical (unpaired) electrons. The van der Waals surface area contributed by atoms with Crippen LogP contribution in [0.3, 0.4) is 0 Å². The predicted octanol–water partition coefficient (Wildman–Crippen LogP) is 4.27. The molecule has 0 saturated heterocycles. The third kappa shape index (κ3) is 2.22. The van der Waals surface area contributed by atoms with Crippen molar-refractivity contribution in [3.05, 3.63) is 51.5 Å². The predicted molar refractivity (Wildman–Crippen MR) is 65.1 cm³/mol. The van der Waals surface area contributed by atoms with E-state index in [1.165, 1.54) is 0 Å². The largest absolute Gasteiger partial charge is 0.255 e. The molecule has 0 aliphatic carbocycles. The molecular formula is C11H7Br2N. The van der Waals surface area contributed by atoms with Crippen LogP contribution >= 0.6 is 31.9 Å². The van der Waals surface area contributed by atoms with Crippen LogP contribution in [0, 0.1) is 0 Å². The Balaban J connectivity index is 2.40. The van der Waals surface area contributed by atoms with Crippen molar-refractivity contribution in [1.29, 1.82) is 0 Å². The normalized spacial score (nSPS) is 10.1. The lowest BCUT2D eigenvalue weighted by molar-refractivity contribution is 1.31. The first-order valence-corrected chi connectivity index (χ1v) is 5.72. The van der Waals surface area contributed by atoms with Gasteiger partial charge in [-0.05, 0) is 40.2 Å². The van der Waals surface area contributed by atoms with E-state index >= 15 is 0 Å². The maximum atomic E-state index is 4.32. The zero-order valence-electron chi connectivity index (χ0n) is 7.24. The van der Waals surface area contributed by atoms with Gasteiger partial charge in [-0.2, -0.15) is 0 Å². The van der Waals surface area contributed by atoms with Crippen LogP contribution in [0.5, 0.6) is 0 Å². The summed E-state index contributed by atoms with van der Waals surface area (Å²) in [6, 6.07) is 12.1. The molecule has 0 bridgehead atoms. The van der Waals surface area contributed by atoms with Gasteiger partial charge in [-0.1, -0.05) is 28.1 Å². The number of aromatic nitrogens is 1. The molecule has 0 saturated carbocycles. The van der Waals surface area contributed by atoms with Gasteiger partial charge in [0.25, 0.3) is 0 Å². The standard InChI is InChI=1S/C11H7Br2N/c12-9-3-1-8(2-4-9)11-6-5-10(13)7-14-11/h1-7H. The van der Waals surface area contributed by atoms with E-state index in [4.69, 9.17) is 0 Å². The highest BCUT2D eigenvalue weighted by atomic mass is 79.9. The lowest BCUT2D eigenvalue weighted by Crippen LogP contribution is -1.81. The minimum Gasteiger partial charge on any atom is -0.255 e. The number of hydrogen-bond donors (Lipinski definition) is 0. The second-order valence-electron chi connectivity index (χ2n) is 2.87. The van der Waals surface area contributed by atoms with E-state index in [1.54, 1.807) is 6.20 Å². The monoisotopic (exact) mass is 311 g/mol. The van der Waals surface area contributed by atoms with Gasteiger partial charge in [0.2, 0.25) is 0 Å². The Labute approximate surface area is 99.4 Å². The number of nitrogens with zero attached hydrogens (tertiary/aromatic N) is 1. The maximum absolute atomic E-state index is 4.32. The number of benzene rings is 1. The van der Waals surface area contributed by atoms with E-state index in [1.807, 2.05) is 36.4 Å². The Kier molecular flexibility index (Phi) is 2.99. The van der Waals surface area contributed by atoms with Gasteiger partial charge in [-0.15, -0.1) is 0 Å². The van der Waals surface area contributed by atoms with E-state index in [0.29, 0.717) is 0 Å². The Morgan fingerprint density at radius 2 is 1.43 bits per heavy atom. The van der Waals surface area contributed by atoms with Crippen molar-refractivity contribution < 1.29 is 0 Å². The van der Waals surface area contributed by atoms with Gasteiger partial charge >= 0.3 is 0 Å². The van der Waals surface area contributed by atoms with Crippen LogP contribution in [-0.2, 0) is 0 Å². The van der Waals surface area contributed by atoms with E-state index < -0.39 is 0 Å². The average molecular weight is 313 g/mol. The Bertz CT molecular complexity index is 377. The molecule has 1 aromatic heterocycles. The molecule has 3 heteroatoms. The molecule has 0 atom stereocenters. The van der Waals surface area contributed by atoms with Gasteiger partial charge in [0.1, 0.15) is 0 Å². The highest BCUT2D eigenvalue weighted by molar-refractivity contribution is 9.10. The molecule has 0 unspecified atom stereocenters. The number of halogens is 2. The molecular weight excluding hydrogens is 306 g/mol. The minimum absolute atomic E-state index is 0.987. The highest BCUT2D eigenvalue weighted by Crippen LogP contribution is 2.20. The fourth-order valence-corrected chi connectivity index (χ4v) is 1.67. The molecule has 0 fully saturated rings. The first kappa shape index (κ1) is 9.87. The maximum Gasteiger partial charge on any atom is 0.0702 e. The summed E-state index contributed by atoms with van der Waals surface area (Å²) in [7, 11) is 0. The number of rotatable bonds is 1. The van der Waals surface area contributed by atoms with Gasteiger partial charge in [-0.3, -0.25) is 4.98 Å². The van der Waals surface area contributed by atoms with Crippen molar-refractivity contribution >= 4 is 31.9 Å². The molecule has 1 nitrogen and oxygen atoms in total. The van der Waals surface area contributed by atoms with E-state index in [2.05, 4.69) is 36.8 Å². The van der Waals surface area contributed by atoms with Crippen molar-refractivity contribution in [1.82, 2.24) is 4.98 Å². The van der Waals surface area contributed by atoms with E-state index in [-0.39, 0.29) is 0 Å². The summed E-state index contributed by atoms with van der Waals surface area (Å²) in [5.74, 6) is 0. The molecule has 70 valence electrons. The lowest BCUT2D eigenvalue weighted by Gasteiger charge is -2.00. The Morgan fingerprint density at radius 3 is 2.00 bits per heavy atom. The zero-order chi connectivity index (χ0) is 9.97. The summed E-state index contributed by atoms with van der Waals surface area (Å²) in [5, 5.41) is 0. The summed E-state index contributed by atoms with van der Waals surface area (Å²) >= 11 is 6.76. The molecule has 2 aromatic rings. The summed E-state index contributed by atoms with van der Waals surface area (Å²) in [6.45, 7) is 0. The van der Waals surface area contributed by atoms with Crippen molar-refractivity contribution in [2.75, 3.05) is 0 Å². The second-order valence-corrected chi connectivity index (χ2v) is 4.70. The summed E-state index contributed by atoms with van der Waals surface area (Å²) < 4.78 is 2.08. The second kappa shape index (κ2) is 4.24. The van der Waals surface area contributed by atoms with Crippen LogP contribution in [0.15, 0.2) is 51.5 Å². The van der Waals surface area contributed by atoms with Crippen LogP contribution in [0.2, 0.25) is 0 Å². The van der Waals surface area contributed by atoms with Crippen LogP contribution in [-0.4, -0.2) is 4.98 Å². The third-order valence-electron chi connectivity index (χ3n) is 1.87. The molecule has 0 spiro atoms. The molecule has 0 aliphatic heterocycles. The van der Waals surface area contributed by atoms with Gasteiger partial charge < -0.3 is 0 Å². The number of pyridine rings is 1. The summed E-state index contributed by atoms with van der Waals surface area (Å²) in [5.41, 5.74) is 2.11. The average Bonchev–Trinajstić information content (AvgIpc) is 2.21. The Morgan fingerprint density at radius 1 is 0.786 bits per heavy atom. The minimum atomic E-state index is 0.987. The first-order chi connectivity index (χ1) is 6.75. The third-order valence-corrected chi connectivity index (χ3v) is 2.87. The molecule has 14 heavy (non-hydrogen) atoms. The van der Waals surface area contributed by atoms with Gasteiger partial charge in [0, 0.05) is 20.7 Å². The van der Waals surface area contributed by atoms with Crippen molar-refractivity contribution in [3.8, 4) is 11.3 Å². The highest BCUT2D eigenvalue weighted by Gasteiger charge is 1.97. The van der Waals surface area contributed by atoms with Crippen molar-refractivity contribution in [2.24, 2.45) is 0 Å². The fraction of sp³-hybridized carbons (Fsp3) is 0. The first-order valence-electron chi connectivity index (χ1n) is 4.13. The van der Waals surface area contributed by atoms with Crippen LogP contribution < -0.4 is 0 Å². The van der Waals surface area contributed by atoms with Crippen molar-refractivity contribution in [2.45, 2.75) is 0 Å². The van der Waals surface area contributed by atoms with Crippen molar-refractivity contribution in [3.63, 3.8) is 0 Å². The SMILES string of the molecule is Brc1ccc(-c2ccc(Br)cn2)cc1. The zero-order valence-corrected chi connectivity index (χ0v) is 10.4. The van der Waals surface area contributed by atoms with Crippen LogP contribution in [0.25, 0.3) is 11.3 Å². The fourth-order valence-electron chi connectivity index (χ4n) is 1.17. The van der Waals surface area contributed by atoms with E-state index in [9.17, 15) is 0 Å². The molecule has 2 rings (SSSR count). The van der Waals surface area contributed by atoms with Crippen LogP contribution in [0.4, 0.5) is 0 Å². The van der Waals surface area contributed by atoms with Gasteiger partial charge in [0.05, 0.1) is 5.69 Å². The Hall–Kier alpha value is -0.670. The lowest BCUT2D eigenvalue weighted by atomic mass is 10.1. The van der Waals surface area contributed by atoms with Crippen LogP contribution in [0.1, 0.15) is 0 Å². The van der Waals surface area contributed by atoms with Gasteiger partial charge in [-0.25, -0.2) is 0 Å².